The maximum atomic E-state index is 12.6. The fraction of sp³-hybridized carbons (Fsp3) is 0.308. The number of amides is 1. The molecule has 3 aromatic rings. The fourth-order valence-electron chi connectivity index (χ4n) is 5.43. The third-order valence-corrected chi connectivity index (χ3v) is 7.01. The third kappa shape index (κ3) is 2.67. The maximum Gasteiger partial charge on any atom is 0.252 e. The van der Waals surface area contributed by atoms with Crippen LogP contribution in [-0.2, 0) is 5.54 Å². The molecule has 30 heavy (non-hydrogen) atoms. The summed E-state index contributed by atoms with van der Waals surface area (Å²) in [5, 5.41) is 4.45. The Morgan fingerprint density at radius 2 is 1.90 bits per heavy atom. The molecule has 2 aromatic heterocycles. The smallest absolute Gasteiger partial charge is 0.252 e. The predicted molar refractivity (Wildman–Crippen MR) is 124 cm³/mol. The standard InChI is InChI=1S/C26H25N3O.2H2/c30-25-20-10-9-18(14-23(20)26(29-25)11-5-2-6-12-26)22-16-28-24-21(22)13-19(15-27-24)17-7-3-1-4-8-17;;/h3,7-10,13-16H,1-2,4-6,11-12H2,(H,27,28)(H,29,30);2*1H. The molecule has 1 aliphatic heterocycles. The predicted octanol–water partition coefficient (Wildman–Crippen LogP) is 6.36. The molecule has 4 nitrogen and oxygen atoms in total. The molecule has 3 aliphatic rings. The summed E-state index contributed by atoms with van der Waals surface area (Å²) in [6.07, 6.45) is 18.6. The number of hydrogen-bond donors (Lipinski definition) is 2. The average molecular weight is 400 g/mol. The second-order valence-electron chi connectivity index (χ2n) is 8.82. The van der Waals surface area contributed by atoms with Crippen LogP contribution >= 0.6 is 0 Å². The normalized spacial score (nSPS) is 19.7. The van der Waals surface area contributed by atoms with Crippen LogP contribution < -0.4 is 5.32 Å². The molecule has 0 atom stereocenters. The molecular formula is C26H29N3O. The summed E-state index contributed by atoms with van der Waals surface area (Å²) in [6.45, 7) is 0. The van der Waals surface area contributed by atoms with Gasteiger partial charge in [-0.3, -0.25) is 4.79 Å². The number of carbonyl (C=O) groups excluding carboxylic acids is 1. The molecule has 2 aliphatic carbocycles. The number of hydrogen-bond acceptors (Lipinski definition) is 2. The Morgan fingerprint density at radius 1 is 1.00 bits per heavy atom. The summed E-state index contributed by atoms with van der Waals surface area (Å²) in [5.41, 5.74) is 7.44. The lowest BCUT2D eigenvalue weighted by Crippen LogP contribution is -2.40. The van der Waals surface area contributed by atoms with E-state index in [1.54, 1.807) is 0 Å². The Balaban J connectivity index is 0.00000122. The molecule has 2 N–H and O–H groups in total. The Labute approximate surface area is 179 Å². The van der Waals surface area contributed by atoms with Gasteiger partial charge in [0.2, 0.25) is 0 Å². The van der Waals surface area contributed by atoms with Crippen molar-refractivity contribution in [1.82, 2.24) is 15.3 Å². The van der Waals surface area contributed by atoms with Gasteiger partial charge in [0.05, 0.1) is 5.54 Å². The van der Waals surface area contributed by atoms with Gasteiger partial charge in [0.15, 0.2) is 0 Å². The lowest BCUT2D eigenvalue weighted by molar-refractivity contribution is 0.0909. The lowest BCUT2D eigenvalue weighted by Gasteiger charge is -2.34. The number of rotatable bonds is 2. The molecule has 154 valence electrons. The minimum atomic E-state index is -0.173. The Kier molecular flexibility index (Phi) is 3.95. The molecule has 0 bridgehead atoms. The second-order valence-corrected chi connectivity index (χ2v) is 8.82. The Hall–Kier alpha value is -3.14. The number of benzene rings is 1. The number of aromatic amines is 1. The molecule has 3 heterocycles. The van der Waals surface area contributed by atoms with E-state index in [0.29, 0.717) is 0 Å². The van der Waals surface area contributed by atoms with Crippen molar-refractivity contribution >= 4 is 22.5 Å². The largest absolute Gasteiger partial charge is 0.346 e. The van der Waals surface area contributed by atoms with Crippen molar-refractivity contribution < 1.29 is 7.65 Å². The highest BCUT2D eigenvalue weighted by Crippen LogP contribution is 2.44. The van der Waals surface area contributed by atoms with Gasteiger partial charge in [-0.2, -0.15) is 0 Å². The molecule has 4 heteroatoms. The first-order valence-corrected chi connectivity index (χ1v) is 11.1. The van der Waals surface area contributed by atoms with E-state index in [1.165, 1.54) is 30.4 Å². The summed E-state index contributed by atoms with van der Waals surface area (Å²) in [4.78, 5) is 20.6. The van der Waals surface area contributed by atoms with Gasteiger partial charge in [-0.05, 0) is 60.6 Å². The zero-order valence-electron chi connectivity index (χ0n) is 17.0. The number of nitrogens with zero attached hydrogens (tertiary/aromatic N) is 1. The minimum Gasteiger partial charge on any atom is -0.346 e. The van der Waals surface area contributed by atoms with Gasteiger partial charge in [-0.1, -0.05) is 43.6 Å². The van der Waals surface area contributed by atoms with Crippen LogP contribution in [0.25, 0.3) is 27.7 Å². The van der Waals surface area contributed by atoms with Gasteiger partial charge in [0.25, 0.3) is 5.91 Å². The van der Waals surface area contributed by atoms with Crippen LogP contribution in [0.5, 0.6) is 0 Å². The highest BCUT2D eigenvalue weighted by Gasteiger charge is 2.43. The van der Waals surface area contributed by atoms with Crippen molar-refractivity contribution in [2.45, 2.75) is 50.5 Å². The van der Waals surface area contributed by atoms with Crippen LogP contribution in [-0.4, -0.2) is 15.9 Å². The van der Waals surface area contributed by atoms with E-state index in [2.05, 4.69) is 51.7 Å². The Bertz CT molecular complexity index is 1240. The molecule has 0 saturated heterocycles. The summed E-state index contributed by atoms with van der Waals surface area (Å²) in [5.74, 6) is 0.0809. The van der Waals surface area contributed by atoms with E-state index >= 15 is 0 Å². The van der Waals surface area contributed by atoms with E-state index in [0.717, 1.165) is 59.0 Å². The summed E-state index contributed by atoms with van der Waals surface area (Å²) in [7, 11) is 0. The molecule has 0 radical (unpaired) electrons. The lowest BCUT2D eigenvalue weighted by atomic mass is 9.77. The third-order valence-electron chi connectivity index (χ3n) is 7.01. The van der Waals surface area contributed by atoms with Crippen molar-refractivity contribution in [3.8, 4) is 11.1 Å². The van der Waals surface area contributed by atoms with Crippen molar-refractivity contribution in [2.24, 2.45) is 0 Å². The molecule has 1 fully saturated rings. The molecule has 0 unspecified atom stereocenters. The zero-order chi connectivity index (χ0) is 20.1. The van der Waals surface area contributed by atoms with Crippen molar-refractivity contribution in [1.29, 1.82) is 0 Å². The number of fused-ring (bicyclic) bond motifs is 3. The first-order valence-electron chi connectivity index (χ1n) is 11.1. The molecule has 1 spiro atoms. The van der Waals surface area contributed by atoms with Gasteiger partial charge in [0.1, 0.15) is 5.65 Å². The molecule has 1 amide bonds. The highest BCUT2D eigenvalue weighted by atomic mass is 16.2. The van der Waals surface area contributed by atoms with E-state index in [4.69, 9.17) is 0 Å². The average Bonchev–Trinajstić information content (AvgIpc) is 3.33. The Morgan fingerprint density at radius 3 is 2.73 bits per heavy atom. The highest BCUT2D eigenvalue weighted by molar-refractivity contribution is 6.02. The van der Waals surface area contributed by atoms with Gasteiger partial charge in [-0.15, -0.1) is 0 Å². The zero-order valence-corrected chi connectivity index (χ0v) is 17.0. The topological polar surface area (TPSA) is 57.8 Å². The van der Waals surface area contributed by atoms with Gasteiger partial charge in [-0.25, -0.2) is 4.98 Å². The quantitative estimate of drug-likeness (QED) is 0.527. The number of nitrogens with one attached hydrogen (secondary N) is 2. The number of pyridine rings is 1. The van der Waals surface area contributed by atoms with Gasteiger partial charge >= 0.3 is 0 Å². The van der Waals surface area contributed by atoms with Crippen LogP contribution in [0.4, 0.5) is 0 Å². The van der Waals surface area contributed by atoms with E-state index in [9.17, 15) is 4.79 Å². The number of H-pyrrole nitrogens is 1. The fourth-order valence-corrected chi connectivity index (χ4v) is 5.43. The second kappa shape index (κ2) is 6.69. The monoisotopic (exact) mass is 399 g/mol. The van der Waals surface area contributed by atoms with Crippen LogP contribution in [0, 0.1) is 0 Å². The van der Waals surface area contributed by atoms with E-state index < -0.39 is 0 Å². The molecule has 1 aromatic carbocycles. The van der Waals surface area contributed by atoms with Crippen LogP contribution in [0.3, 0.4) is 0 Å². The minimum absolute atomic E-state index is 0. The van der Waals surface area contributed by atoms with Gasteiger partial charge < -0.3 is 10.3 Å². The van der Waals surface area contributed by atoms with Crippen molar-refractivity contribution in [2.75, 3.05) is 0 Å². The summed E-state index contributed by atoms with van der Waals surface area (Å²) < 4.78 is 0. The van der Waals surface area contributed by atoms with Crippen LogP contribution in [0.2, 0.25) is 0 Å². The molecule has 6 rings (SSSR count). The maximum absolute atomic E-state index is 12.6. The first kappa shape index (κ1) is 17.7. The number of aromatic nitrogens is 2. The van der Waals surface area contributed by atoms with E-state index in [-0.39, 0.29) is 14.3 Å². The number of allylic oxidation sites excluding steroid dienone is 4. The summed E-state index contributed by atoms with van der Waals surface area (Å²) in [6, 6.07) is 8.57. The van der Waals surface area contributed by atoms with E-state index in [1.807, 2.05) is 18.5 Å². The molecule has 1 saturated carbocycles. The van der Waals surface area contributed by atoms with Crippen molar-refractivity contribution in [3.05, 3.63) is 71.6 Å². The van der Waals surface area contributed by atoms with Gasteiger partial charge in [0, 0.05) is 37.3 Å². The summed E-state index contributed by atoms with van der Waals surface area (Å²) >= 11 is 0. The van der Waals surface area contributed by atoms with Crippen LogP contribution in [0.1, 0.15) is 69.3 Å². The van der Waals surface area contributed by atoms with Crippen LogP contribution in [0.15, 0.2) is 54.9 Å². The first-order chi connectivity index (χ1) is 14.7. The van der Waals surface area contributed by atoms with Crippen molar-refractivity contribution in [3.63, 3.8) is 0 Å². The SMILES string of the molecule is O=C1NC2(CCCCC2)c2cc(-c3c[nH]c4ncc(C5=CCCC=C5)cc34)ccc21.[HH].[HH]. The molecular weight excluding hydrogens is 370 g/mol. The number of carbonyl (C=O) groups is 1.